The van der Waals surface area contributed by atoms with Crippen LogP contribution < -0.4 is 19.8 Å². The summed E-state index contributed by atoms with van der Waals surface area (Å²) in [6.45, 7) is 0.489. The maximum Gasteiger partial charge on any atom is 0.282 e. The minimum atomic E-state index is -0.323. The number of halogens is 2. The van der Waals surface area contributed by atoms with Crippen LogP contribution in [0.4, 0.5) is 0 Å². The Hall–Kier alpha value is -4.60. The lowest BCUT2D eigenvalue weighted by atomic mass is 10.2. The molecule has 7 rings (SSSR count). The van der Waals surface area contributed by atoms with Gasteiger partial charge in [-0.3, -0.25) is 4.79 Å². The summed E-state index contributed by atoms with van der Waals surface area (Å²) in [5.74, 6) is 2.59. The molecule has 0 saturated heterocycles. The summed E-state index contributed by atoms with van der Waals surface area (Å²) in [6, 6.07) is 25.7. The van der Waals surface area contributed by atoms with Crippen LogP contribution in [0.3, 0.4) is 0 Å². The second-order valence-electron chi connectivity index (χ2n) is 9.25. The molecule has 0 spiro atoms. The number of nitrogens with zero attached hydrogens (tertiary/aromatic N) is 3. The highest BCUT2D eigenvalue weighted by molar-refractivity contribution is 9.10. The third kappa shape index (κ3) is 4.83. The van der Waals surface area contributed by atoms with E-state index in [4.69, 9.17) is 35.2 Å². The Labute approximate surface area is 246 Å². The van der Waals surface area contributed by atoms with E-state index in [1.807, 2.05) is 60.7 Å². The molecule has 0 atom stereocenters. The number of para-hydroxylation sites is 2. The highest BCUT2D eigenvalue weighted by Gasteiger charge is 2.17. The maximum absolute atomic E-state index is 13.5. The molecule has 3 heterocycles. The highest BCUT2D eigenvalue weighted by Crippen LogP contribution is 2.36. The quantitative estimate of drug-likeness (QED) is 0.179. The molecule has 0 N–H and O–H groups in total. The molecule has 1 aliphatic rings. The first-order valence-electron chi connectivity index (χ1n) is 12.6. The van der Waals surface area contributed by atoms with Gasteiger partial charge in [0.2, 0.25) is 12.6 Å². The van der Waals surface area contributed by atoms with Gasteiger partial charge in [-0.2, -0.15) is 9.78 Å². The predicted octanol–water partition coefficient (Wildman–Crippen LogP) is 7.42. The van der Waals surface area contributed by atoms with Crippen molar-refractivity contribution >= 4 is 55.6 Å². The number of benzene rings is 4. The number of aromatic nitrogens is 2. The number of rotatable bonds is 6. The van der Waals surface area contributed by atoms with Gasteiger partial charge in [-0.15, -0.1) is 0 Å². The van der Waals surface area contributed by atoms with Crippen LogP contribution in [0.2, 0.25) is 5.02 Å². The van der Waals surface area contributed by atoms with Crippen LogP contribution in [-0.2, 0) is 6.61 Å². The van der Waals surface area contributed by atoms with Crippen LogP contribution in [0.1, 0.15) is 11.1 Å². The Kier molecular flexibility index (Phi) is 6.45. The number of ether oxygens (including phenoxy) is 3. The molecule has 0 bridgehead atoms. The molecule has 0 fully saturated rings. The molecule has 4 aromatic carbocycles. The van der Waals surface area contributed by atoms with E-state index < -0.39 is 0 Å². The van der Waals surface area contributed by atoms with Crippen LogP contribution >= 0.6 is 27.5 Å². The molecule has 0 aliphatic carbocycles. The lowest BCUT2D eigenvalue weighted by Gasteiger charge is -2.12. The Bertz CT molecular complexity index is 2000. The van der Waals surface area contributed by atoms with Gasteiger partial charge in [0.25, 0.3) is 5.56 Å². The van der Waals surface area contributed by atoms with E-state index >= 15 is 0 Å². The molecule has 0 unspecified atom stereocenters. The fourth-order valence-corrected chi connectivity index (χ4v) is 5.57. The van der Waals surface area contributed by atoms with Gasteiger partial charge in [0, 0.05) is 5.39 Å². The van der Waals surface area contributed by atoms with Crippen LogP contribution in [-0.4, -0.2) is 22.7 Å². The summed E-state index contributed by atoms with van der Waals surface area (Å²) in [7, 11) is 0. The van der Waals surface area contributed by atoms with Crippen molar-refractivity contribution in [1.29, 1.82) is 0 Å². The summed E-state index contributed by atoms with van der Waals surface area (Å²) in [6.07, 6.45) is 1.54. The summed E-state index contributed by atoms with van der Waals surface area (Å²) < 4.78 is 24.7. The first-order chi connectivity index (χ1) is 20.0. The lowest BCUT2D eigenvalue weighted by Crippen LogP contribution is -2.20. The van der Waals surface area contributed by atoms with Crippen LogP contribution in [0.15, 0.2) is 104 Å². The molecule has 2 aromatic heterocycles. The van der Waals surface area contributed by atoms with Crippen LogP contribution in [0.25, 0.3) is 33.5 Å². The lowest BCUT2D eigenvalue weighted by molar-refractivity contribution is 0.174. The fraction of sp³-hybridized carbons (Fsp3) is 0.0645. The second kappa shape index (κ2) is 10.4. The predicted molar refractivity (Wildman–Crippen MR) is 160 cm³/mol. The fourth-order valence-electron chi connectivity index (χ4n) is 4.58. The van der Waals surface area contributed by atoms with Gasteiger partial charge in [-0.25, -0.2) is 4.98 Å². The molecular formula is C31H19BrClN3O5. The SMILES string of the molecule is O=c1c2ccccc2nc(-c2cc3ccccc3o2)n1N=Cc1cc(Cl)c(OCc2ccc3c(c2)OCO3)c(Br)c1. The molecule has 0 radical (unpaired) electrons. The van der Waals surface area contributed by atoms with E-state index in [0.29, 0.717) is 54.6 Å². The topological polar surface area (TPSA) is 88.1 Å². The van der Waals surface area contributed by atoms with Gasteiger partial charge in [-0.05, 0) is 75.6 Å². The first-order valence-corrected chi connectivity index (χ1v) is 13.8. The molecular weight excluding hydrogens is 610 g/mol. The van der Waals surface area contributed by atoms with Gasteiger partial charge < -0.3 is 18.6 Å². The summed E-state index contributed by atoms with van der Waals surface area (Å²) >= 11 is 10.2. The van der Waals surface area contributed by atoms with Crippen molar-refractivity contribution in [3.8, 4) is 28.8 Å². The summed E-state index contributed by atoms with van der Waals surface area (Å²) in [5.41, 5.74) is 2.47. The maximum atomic E-state index is 13.5. The normalized spacial score (nSPS) is 12.5. The Morgan fingerprint density at radius 2 is 1.83 bits per heavy atom. The van der Waals surface area contributed by atoms with Crippen molar-refractivity contribution in [3.05, 3.63) is 116 Å². The van der Waals surface area contributed by atoms with Crippen LogP contribution in [0, 0.1) is 0 Å². The standard InChI is InChI=1S/C31H19BrClN3O5/c32-22-11-19(12-23(33)29(22)38-16-18-9-10-26-27(13-18)40-17-39-26)15-34-36-30(28-14-20-5-1-4-8-25(20)41-28)35-24-7-3-2-6-21(24)31(36)37/h1-15H,16-17H2. The summed E-state index contributed by atoms with van der Waals surface area (Å²) in [4.78, 5) is 18.3. The van der Waals surface area contributed by atoms with Crippen molar-refractivity contribution < 1.29 is 18.6 Å². The van der Waals surface area contributed by atoms with E-state index in [-0.39, 0.29) is 24.8 Å². The Balaban J connectivity index is 1.22. The van der Waals surface area contributed by atoms with Gasteiger partial charge in [0.15, 0.2) is 23.0 Å². The number of fused-ring (bicyclic) bond motifs is 3. The van der Waals surface area contributed by atoms with E-state index in [1.54, 1.807) is 30.5 Å². The summed E-state index contributed by atoms with van der Waals surface area (Å²) in [5, 5.41) is 6.24. The molecule has 1 aliphatic heterocycles. The van der Waals surface area contributed by atoms with Crippen LogP contribution in [0.5, 0.6) is 17.2 Å². The zero-order chi connectivity index (χ0) is 27.9. The molecule has 41 heavy (non-hydrogen) atoms. The first kappa shape index (κ1) is 25.4. The van der Waals surface area contributed by atoms with Gasteiger partial charge in [0.1, 0.15) is 12.2 Å². The minimum absolute atomic E-state index is 0.210. The van der Waals surface area contributed by atoms with Crippen molar-refractivity contribution in [3.63, 3.8) is 0 Å². The van der Waals surface area contributed by atoms with E-state index in [9.17, 15) is 4.79 Å². The van der Waals surface area contributed by atoms with E-state index in [0.717, 1.165) is 10.9 Å². The van der Waals surface area contributed by atoms with Gasteiger partial charge in [0.05, 0.1) is 26.6 Å². The smallest absolute Gasteiger partial charge is 0.282 e. The minimum Gasteiger partial charge on any atom is -0.486 e. The Morgan fingerprint density at radius 1 is 1.00 bits per heavy atom. The van der Waals surface area contributed by atoms with E-state index in [2.05, 4.69) is 21.0 Å². The molecule has 8 nitrogen and oxygen atoms in total. The molecule has 10 heteroatoms. The van der Waals surface area contributed by atoms with Crippen molar-refractivity contribution in [1.82, 2.24) is 9.66 Å². The average Bonchev–Trinajstić information content (AvgIpc) is 3.63. The third-order valence-corrected chi connectivity index (χ3v) is 7.43. The zero-order valence-electron chi connectivity index (χ0n) is 21.2. The monoisotopic (exact) mass is 627 g/mol. The zero-order valence-corrected chi connectivity index (χ0v) is 23.6. The molecule has 6 aromatic rings. The van der Waals surface area contributed by atoms with Crippen molar-refractivity contribution in [2.75, 3.05) is 6.79 Å². The average molecular weight is 629 g/mol. The number of hydrogen-bond donors (Lipinski definition) is 0. The third-order valence-electron chi connectivity index (χ3n) is 6.56. The van der Waals surface area contributed by atoms with Crippen molar-refractivity contribution in [2.24, 2.45) is 5.10 Å². The van der Waals surface area contributed by atoms with Gasteiger partial charge >= 0.3 is 0 Å². The largest absolute Gasteiger partial charge is 0.486 e. The second-order valence-corrected chi connectivity index (χ2v) is 10.5. The number of hydrogen-bond acceptors (Lipinski definition) is 7. The highest BCUT2D eigenvalue weighted by atomic mass is 79.9. The molecule has 0 amide bonds. The van der Waals surface area contributed by atoms with E-state index in [1.165, 1.54) is 4.68 Å². The molecule has 0 saturated carbocycles. The van der Waals surface area contributed by atoms with Gasteiger partial charge in [-0.1, -0.05) is 48.0 Å². The molecule has 202 valence electrons. The Morgan fingerprint density at radius 3 is 2.71 bits per heavy atom. The van der Waals surface area contributed by atoms with Crippen molar-refractivity contribution in [2.45, 2.75) is 6.61 Å². The number of furan rings is 1.